The Morgan fingerprint density at radius 3 is 2.47 bits per heavy atom. The van der Waals surface area contributed by atoms with Gasteiger partial charge >= 0.3 is 0 Å². The second kappa shape index (κ2) is 5.64. The Morgan fingerprint density at radius 1 is 1.12 bits per heavy atom. The lowest BCUT2D eigenvalue weighted by Gasteiger charge is -2.07. The molecule has 0 atom stereocenters. The van der Waals surface area contributed by atoms with Gasteiger partial charge in [0.25, 0.3) is 0 Å². The van der Waals surface area contributed by atoms with E-state index in [1.165, 1.54) is 11.1 Å². The first-order chi connectivity index (χ1) is 8.25. The fraction of sp³-hybridized carbons (Fsp3) is 0.357. The van der Waals surface area contributed by atoms with Crippen LogP contribution in [0.2, 0.25) is 0 Å². The smallest absolute Gasteiger partial charge is 0.150 e. The third-order valence-electron chi connectivity index (χ3n) is 2.77. The molecule has 0 bridgehead atoms. The van der Waals surface area contributed by atoms with Crippen molar-refractivity contribution in [3.63, 3.8) is 0 Å². The van der Waals surface area contributed by atoms with Crippen molar-refractivity contribution >= 4 is 0 Å². The van der Waals surface area contributed by atoms with Crippen molar-refractivity contribution in [3.05, 3.63) is 53.4 Å². The number of aromatic nitrogens is 1. The Kier molecular flexibility index (Phi) is 3.94. The molecule has 0 fully saturated rings. The standard InChI is InChI=1S/C14H18N2O/c1-11(2)13-5-3-12(4-6-13)9-15-10-14-7-8-16-17-14/h3-8,11,15H,9-10H2,1-2H3. The number of rotatable bonds is 5. The van der Waals surface area contributed by atoms with Crippen LogP contribution in [-0.2, 0) is 13.1 Å². The summed E-state index contributed by atoms with van der Waals surface area (Å²) in [5.74, 6) is 1.45. The summed E-state index contributed by atoms with van der Waals surface area (Å²) in [5.41, 5.74) is 2.66. The van der Waals surface area contributed by atoms with Crippen molar-refractivity contribution in [3.8, 4) is 0 Å². The Labute approximate surface area is 102 Å². The SMILES string of the molecule is CC(C)c1ccc(CNCc2ccno2)cc1. The predicted octanol–water partition coefficient (Wildman–Crippen LogP) is 3.09. The van der Waals surface area contributed by atoms with Gasteiger partial charge in [-0.1, -0.05) is 43.3 Å². The topological polar surface area (TPSA) is 38.1 Å². The average molecular weight is 230 g/mol. The molecule has 1 aromatic heterocycles. The highest BCUT2D eigenvalue weighted by molar-refractivity contribution is 5.24. The van der Waals surface area contributed by atoms with Crippen LogP contribution >= 0.6 is 0 Å². The molecule has 2 rings (SSSR count). The summed E-state index contributed by atoms with van der Waals surface area (Å²) in [6.45, 7) is 5.97. The van der Waals surface area contributed by atoms with Crippen LogP contribution in [0.1, 0.15) is 36.7 Å². The summed E-state index contributed by atoms with van der Waals surface area (Å²) in [4.78, 5) is 0. The molecule has 0 aliphatic rings. The first-order valence-electron chi connectivity index (χ1n) is 5.95. The molecular formula is C14H18N2O. The number of nitrogens with zero attached hydrogens (tertiary/aromatic N) is 1. The molecule has 0 saturated heterocycles. The highest BCUT2D eigenvalue weighted by Gasteiger charge is 2.00. The summed E-state index contributed by atoms with van der Waals surface area (Å²) in [6, 6.07) is 10.6. The van der Waals surface area contributed by atoms with Gasteiger partial charge in [0.1, 0.15) is 5.76 Å². The average Bonchev–Trinajstić information content (AvgIpc) is 2.83. The highest BCUT2D eigenvalue weighted by Crippen LogP contribution is 2.14. The van der Waals surface area contributed by atoms with E-state index >= 15 is 0 Å². The highest BCUT2D eigenvalue weighted by atomic mass is 16.5. The third-order valence-corrected chi connectivity index (χ3v) is 2.77. The van der Waals surface area contributed by atoms with Gasteiger partial charge in [0.15, 0.2) is 0 Å². The van der Waals surface area contributed by atoms with E-state index in [9.17, 15) is 0 Å². The van der Waals surface area contributed by atoms with Gasteiger partial charge in [0.2, 0.25) is 0 Å². The largest absolute Gasteiger partial charge is 0.360 e. The van der Waals surface area contributed by atoms with E-state index in [1.807, 2.05) is 6.07 Å². The van der Waals surface area contributed by atoms with Crippen LogP contribution in [0.4, 0.5) is 0 Å². The molecule has 3 heteroatoms. The van der Waals surface area contributed by atoms with Crippen molar-refractivity contribution in [2.24, 2.45) is 0 Å². The van der Waals surface area contributed by atoms with Gasteiger partial charge in [0, 0.05) is 12.6 Å². The van der Waals surface area contributed by atoms with Crippen molar-refractivity contribution in [2.45, 2.75) is 32.9 Å². The van der Waals surface area contributed by atoms with Crippen LogP contribution < -0.4 is 5.32 Å². The molecule has 0 unspecified atom stereocenters. The van der Waals surface area contributed by atoms with E-state index in [4.69, 9.17) is 4.52 Å². The van der Waals surface area contributed by atoms with Gasteiger partial charge < -0.3 is 9.84 Å². The fourth-order valence-electron chi connectivity index (χ4n) is 1.68. The van der Waals surface area contributed by atoms with Crippen LogP contribution in [0.3, 0.4) is 0 Å². The van der Waals surface area contributed by atoms with Crippen LogP contribution in [0.5, 0.6) is 0 Å². The van der Waals surface area contributed by atoms with E-state index < -0.39 is 0 Å². The van der Waals surface area contributed by atoms with E-state index in [0.29, 0.717) is 12.5 Å². The summed E-state index contributed by atoms with van der Waals surface area (Å²) >= 11 is 0. The van der Waals surface area contributed by atoms with Gasteiger partial charge in [-0.3, -0.25) is 0 Å². The first-order valence-corrected chi connectivity index (χ1v) is 5.95. The molecule has 0 saturated carbocycles. The Morgan fingerprint density at radius 2 is 1.88 bits per heavy atom. The zero-order chi connectivity index (χ0) is 12.1. The van der Waals surface area contributed by atoms with Gasteiger partial charge in [-0.2, -0.15) is 0 Å². The molecule has 1 heterocycles. The molecule has 1 N–H and O–H groups in total. The first kappa shape index (κ1) is 11.9. The zero-order valence-electron chi connectivity index (χ0n) is 10.3. The quantitative estimate of drug-likeness (QED) is 0.857. The van der Waals surface area contributed by atoms with Crippen LogP contribution in [0.25, 0.3) is 0 Å². The summed E-state index contributed by atoms with van der Waals surface area (Å²) in [5, 5.41) is 6.98. The normalized spacial score (nSPS) is 11.0. The molecule has 0 radical (unpaired) electrons. The number of benzene rings is 1. The van der Waals surface area contributed by atoms with Gasteiger partial charge in [0.05, 0.1) is 12.7 Å². The molecule has 2 aromatic rings. The second-order valence-electron chi connectivity index (χ2n) is 4.48. The molecule has 0 aliphatic heterocycles. The minimum absolute atomic E-state index is 0.589. The number of hydrogen-bond donors (Lipinski definition) is 1. The van der Waals surface area contributed by atoms with Gasteiger partial charge in [-0.15, -0.1) is 0 Å². The summed E-state index contributed by atoms with van der Waals surface area (Å²) in [7, 11) is 0. The Hall–Kier alpha value is -1.61. The van der Waals surface area contributed by atoms with E-state index in [1.54, 1.807) is 6.20 Å². The minimum Gasteiger partial charge on any atom is -0.360 e. The molecule has 0 aliphatic carbocycles. The monoisotopic (exact) mass is 230 g/mol. The Balaban J connectivity index is 1.83. The Bertz CT molecular complexity index is 432. The van der Waals surface area contributed by atoms with Crippen LogP contribution in [-0.4, -0.2) is 5.16 Å². The molecule has 0 amide bonds. The summed E-state index contributed by atoms with van der Waals surface area (Å²) in [6.07, 6.45) is 1.66. The lowest BCUT2D eigenvalue weighted by atomic mass is 10.0. The van der Waals surface area contributed by atoms with Gasteiger partial charge in [-0.05, 0) is 17.0 Å². The van der Waals surface area contributed by atoms with E-state index in [0.717, 1.165) is 12.3 Å². The number of nitrogens with one attached hydrogen (secondary N) is 1. The van der Waals surface area contributed by atoms with Gasteiger partial charge in [-0.25, -0.2) is 0 Å². The summed E-state index contributed by atoms with van der Waals surface area (Å²) < 4.78 is 5.01. The van der Waals surface area contributed by atoms with Crippen LogP contribution in [0, 0.1) is 0 Å². The third kappa shape index (κ3) is 3.43. The second-order valence-corrected chi connectivity index (χ2v) is 4.48. The predicted molar refractivity (Wildman–Crippen MR) is 67.6 cm³/mol. The van der Waals surface area contributed by atoms with E-state index in [2.05, 4.69) is 48.6 Å². The zero-order valence-corrected chi connectivity index (χ0v) is 10.3. The maximum atomic E-state index is 5.01. The fourth-order valence-corrected chi connectivity index (χ4v) is 1.68. The molecular weight excluding hydrogens is 212 g/mol. The van der Waals surface area contributed by atoms with Crippen LogP contribution in [0.15, 0.2) is 41.1 Å². The maximum absolute atomic E-state index is 5.01. The molecule has 3 nitrogen and oxygen atoms in total. The van der Waals surface area contributed by atoms with Crippen molar-refractivity contribution in [2.75, 3.05) is 0 Å². The van der Waals surface area contributed by atoms with E-state index in [-0.39, 0.29) is 0 Å². The van der Waals surface area contributed by atoms with Crippen molar-refractivity contribution < 1.29 is 4.52 Å². The molecule has 17 heavy (non-hydrogen) atoms. The minimum atomic E-state index is 0.589. The maximum Gasteiger partial charge on any atom is 0.150 e. The molecule has 0 spiro atoms. The molecule has 1 aromatic carbocycles. The van der Waals surface area contributed by atoms with Crippen molar-refractivity contribution in [1.29, 1.82) is 0 Å². The lowest BCUT2D eigenvalue weighted by molar-refractivity contribution is 0.373. The lowest BCUT2D eigenvalue weighted by Crippen LogP contribution is -2.12. The molecule has 90 valence electrons. The van der Waals surface area contributed by atoms with Crippen molar-refractivity contribution in [1.82, 2.24) is 10.5 Å². The number of hydrogen-bond acceptors (Lipinski definition) is 3.